The van der Waals surface area contributed by atoms with Gasteiger partial charge in [-0.15, -0.1) is 0 Å². The smallest absolute Gasteiger partial charge is 0.245 e. The summed E-state index contributed by atoms with van der Waals surface area (Å²) in [4.78, 5) is 17.0. The van der Waals surface area contributed by atoms with E-state index in [4.69, 9.17) is 0 Å². The minimum absolute atomic E-state index is 0.147. The number of rotatable bonds is 7. The zero-order valence-corrected chi connectivity index (χ0v) is 14.2. The van der Waals surface area contributed by atoms with Gasteiger partial charge in [-0.05, 0) is 47.9 Å². The largest absolute Gasteiger partial charge is 0.508 e. The van der Waals surface area contributed by atoms with E-state index in [2.05, 4.69) is 15.6 Å². The van der Waals surface area contributed by atoms with Crippen LogP contribution in [0.5, 0.6) is 11.5 Å². The van der Waals surface area contributed by atoms with E-state index in [1.54, 1.807) is 42.6 Å². The number of nitrogens with zero attached hydrogens (tertiary/aromatic N) is 1. The van der Waals surface area contributed by atoms with Gasteiger partial charge in [-0.25, -0.2) is 0 Å². The molecule has 134 valence electrons. The molecule has 0 aliphatic carbocycles. The molecule has 1 aliphatic rings. The second kappa shape index (κ2) is 8.20. The monoisotopic (exact) mass is 351 g/mol. The maximum absolute atomic E-state index is 12.6. The zero-order chi connectivity index (χ0) is 18.4. The number of amidine groups is 1. The molecule has 0 radical (unpaired) electrons. The molecule has 3 rings (SSSR count). The van der Waals surface area contributed by atoms with Gasteiger partial charge in [0, 0.05) is 19.2 Å². The Hall–Kier alpha value is -3.28. The van der Waals surface area contributed by atoms with E-state index in [1.165, 1.54) is 0 Å². The number of hydrogen-bond donors (Lipinski definition) is 4. The molecule has 26 heavy (non-hydrogen) atoms. The van der Waals surface area contributed by atoms with Crippen molar-refractivity contribution in [2.45, 2.75) is 18.9 Å². The van der Waals surface area contributed by atoms with Crippen molar-refractivity contribution in [1.82, 2.24) is 10.6 Å². The molecule has 1 heterocycles. The first-order valence-corrected chi connectivity index (χ1v) is 8.44. The Balaban J connectivity index is 1.59. The third-order valence-electron chi connectivity index (χ3n) is 4.08. The number of benzene rings is 2. The molecule has 0 saturated carbocycles. The summed E-state index contributed by atoms with van der Waals surface area (Å²) in [5.74, 6) is 0.955. The topological polar surface area (TPSA) is 94.0 Å². The van der Waals surface area contributed by atoms with Gasteiger partial charge in [-0.2, -0.15) is 0 Å². The summed E-state index contributed by atoms with van der Waals surface area (Å²) < 4.78 is 0. The van der Waals surface area contributed by atoms with Gasteiger partial charge in [0.1, 0.15) is 23.4 Å². The number of carbonyl (C=O) groups excluding carboxylic acids is 1. The highest BCUT2D eigenvalue weighted by Gasteiger charge is 2.19. The Morgan fingerprint density at radius 3 is 2.12 bits per heavy atom. The van der Waals surface area contributed by atoms with Gasteiger partial charge in [-0.3, -0.25) is 9.79 Å². The summed E-state index contributed by atoms with van der Waals surface area (Å²) >= 11 is 0. The quantitative estimate of drug-likeness (QED) is 0.613. The van der Waals surface area contributed by atoms with E-state index in [1.807, 2.05) is 18.2 Å². The molecule has 1 atom stereocenters. The maximum atomic E-state index is 12.6. The molecule has 6 nitrogen and oxygen atoms in total. The van der Waals surface area contributed by atoms with Crippen molar-refractivity contribution in [3.05, 3.63) is 71.9 Å². The first-order valence-electron chi connectivity index (χ1n) is 8.44. The molecule has 6 heteroatoms. The van der Waals surface area contributed by atoms with Crippen LogP contribution in [0.4, 0.5) is 0 Å². The van der Waals surface area contributed by atoms with Crippen LogP contribution in [0.15, 0.2) is 65.8 Å². The summed E-state index contributed by atoms with van der Waals surface area (Å²) in [6.45, 7) is 0.490. The Kier molecular flexibility index (Phi) is 5.53. The highest BCUT2D eigenvalue weighted by Crippen LogP contribution is 2.13. The lowest BCUT2D eigenvalue weighted by Gasteiger charge is -2.17. The third-order valence-corrected chi connectivity index (χ3v) is 4.08. The number of aromatic hydroxyl groups is 2. The van der Waals surface area contributed by atoms with Crippen molar-refractivity contribution in [3.63, 3.8) is 0 Å². The molecule has 0 spiro atoms. The Morgan fingerprint density at radius 2 is 1.58 bits per heavy atom. The lowest BCUT2D eigenvalue weighted by Crippen LogP contribution is -2.38. The summed E-state index contributed by atoms with van der Waals surface area (Å²) in [7, 11) is 0. The predicted molar refractivity (Wildman–Crippen MR) is 100 cm³/mol. The van der Waals surface area contributed by atoms with Crippen LogP contribution in [-0.4, -0.2) is 34.5 Å². The molecular weight excluding hydrogens is 330 g/mol. The van der Waals surface area contributed by atoms with Gasteiger partial charge < -0.3 is 20.8 Å². The van der Waals surface area contributed by atoms with Crippen LogP contribution in [0.2, 0.25) is 0 Å². The first kappa shape index (κ1) is 17.5. The van der Waals surface area contributed by atoms with Crippen molar-refractivity contribution in [2.75, 3.05) is 6.54 Å². The molecule has 0 fully saturated rings. The molecule has 2 aromatic carbocycles. The van der Waals surface area contributed by atoms with Crippen LogP contribution in [0.25, 0.3) is 0 Å². The maximum Gasteiger partial charge on any atom is 0.245 e. The second-order valence-electron chi connectivity index (χ2n) is 6.09. The summed E-state index contributed by atoms with van der Waals surface area (Å²) in [6, 6.07) is 13.2. The number of nitrogens with one attached hydrogen (secondary N) is 2. The van der Waals surface area contributed by atoms with Gasteiger partial charge in [0.2, 0.25) is 5.91 Å². The SMILES string of the molecule is O=C(NCCc1ccc(O)cc1)[C@H](Cc1ccc(O)cc1)N=C1C=CN1. The minimum Gasteiger partial charge on any atom is -0.508 e. The Bertz CT molecular complexity index is 811. The average Bonchev–Trinajstić information content (AvgIpc) is 2.60. The normalized spacial score (nSPS) is 15.2. The molecule has 0 bridgehead atoms. The van der Waals surface area contributed by atoms with Crippen LogP contribution in [-0.2, 0) is 17.6 Å². The van der Waals surface area contributed by atoms with Gasteiger partial charge in [0.25, 0.3) is 0 Å². The summed E-state index contributed by atoms with van der Waals surface area (Å²) in [5, 5.41) is 24.6. The van der Waals surface area contributed by atoms with Crippen molar-refractivity contribution >= 4 is 11.7 Å². The second-order valence-corrected chi connectivity index (χ2v) is 6.09. The van der Waals surface area contributed by atoms with E-state index in [0.717, 1.165) is 11.1 Å². The first-order chi connectivity index (χ1) is 12.6. The van der Waals surface area contributed by atoms with Crippen molar-refractivity contribution in [3.8, 4) is 11.5 Å². The standard InChI is InChI=1S/C20H21N3O3/c24-16-5-1-14(2-6-16)9-11-22-20(26)18(23-19-10-12-21-19)13-15-3-7-17(25)8-4-15/h1-8,10,12,18,24-25H,9,11,13H2,(H,21,23)(H,22,26)/t18-/m0/s1. The highest BCUT2D eigenvalue weighted by molar-refractivity contribution is 6.00. The molecule has 0 aromatic heterocycles. The fourth-order valence-corrected chi connectivity index (χ4v) is 2.57. The summed E-state index contributed by atoms with van der Waals surface area (Å²) in [6.07, 6.45) is 4.70. The summed E-state index contributed by atoms with van der Waals surface area (Å²) in [5.41, 5.74) is 1.96. The lowest BCUT2D eigenvalue weighted by atomic mass is 10.0. The molecular formula is C20H21N3O3. The van der Waals surface area contributed by atoms with Crippen LogP contribution in [0, 0.1) is 0 Å². The van der Waals surface area contributed by atoms with Crippen molar-refractivity contribution in [1.29, 1.82) is 0 Å². The van der Waals surface area contributed by atoms with Crippen LogP contribution in [0.3, 0.4) is 0 Å². The molecule has 0 saturated heterocycles. The molecule has 4 N–H and O–H groups in total. The van der Waals surface area contributed by atoms with Gasteiger partial charge in [0.05, 0.1) is 0 Å². The predicted octanol–water partition coefficient (Wildman–Crippen LogP) is 1.88. The number of phenolic OH excluding ortho intramolecular Hbond substituents is 2. The van der Waals surface area contributed by atoms with E-state index >= 15 is 0 Å². The van der Waals surface area contributed by atoms with Gasteiger partial charge in [-0.1, -0.05) is 24.3 Å². The van der Waals surface area contributed by atoms with Gasteiger partial charge >= 0.3 is 0 Å². The van der Waals surface area contributed by atoms with E-state index < -0.39 is 6.04 Å². The van der Waals surface area contributed by atoms with Crippen LogP contribution in [0.1, 0.15) is 11.1 Å². The molecule has 2 aromatic rings. The van der Waals surface area contributed by atoms with E-state index in [9.17, 15) is 15.0 Å². The van der Waals surface area contributed by atoms with Gasteiger partial charge in [0.15, 0.2) is 0 Å². The number of hydrogen-bond acceptors (Lipinski definition) is 4. The molecule has 1 amide bonds. The van der Waals surface area contributed by atoms with Crippen molar-refractivity contribution < 1.29 is 15.0 Å². The minimum atomic E-state index is -0.549. The fourth-order valence-electron chi connectivity index (χ4n) is 2.57. The van der Waals surface area contributed by atoms with E-state index in [-0.39, 0.29) is 17.4 Å². The Labute approximate surface area is 151 Å². The highest BCUT2D eigenvalue weighted by atomic mass is 16.3. The van der Waals surface area contributed by atoms with E-state index in [0.29, 0.717) is 25.2 Å². The molecule has 1 aliphatic heterocycles. The number of phenols is 2. The number of carbonyl (C=O) groups is 1. The van der Waals surface area contributed by atoms with Crippen LogP contribution >= 0.6 is 0 Å². The molecule has 0 unspecified atom stereocenters. The number of aliphatic imine (C=N–C) groups is 1. The lowest BCUT2D eigenvalue weighted by molar-refractivity contribution is -0.122. The average molecular weight is 351 g/mol. The third kappa shape index (κ3) is 4.86. The fraction of sp³-hybridized carbons (Fsp3) is 0.200. The number of amides is 1. The Morgan fingerprint density at radius 1 is 1.00 bits per heavy atom. The van der Waals surface area contributed by atoms with Crippen LogP contribution < -0.4 is 10.6 Å². The zero-order valence-electron chi connectivity index (χ0n) is 14.2. The van der Waals surface area contributed by atoms with Crippen molar-refractivity contribution in [2.24, 2.45) is 4.99 Å².